The standard InChI is InChI=1S/C23H28FN3O2/c1-15-20(12-16-9-10-18(24)13-21(16)25-15)23(29)27-11-5-6-17(14-27)22(28)26-19-7-3-2-4-8-19/h9-10,12-13,17,19H,2-8,11,14H2,1H3,(H,26,28). The van der Waals surface area contributed by atoms with Crippen molar-refractivity contribution in [2.45, 2.75) is 57.9 Å². The van der Waals surface area contributed by atoms with Gasteiger partial charge in [-0.05, 0) is 50.8 Å². The van der Waals surface area contributed by atoms with Crippen LogP contribution in [0.25, 0.3) is 10.9 Å². The highest BCUT2D eigenvalue weighted by molar-refractivity contribution is 5.99. The van der Waals surface area contributed by atoms with Crippen molar-refractivity contribution in [3.63, 3.8) is 0 Å². The third-order valence-electron chi connectivity index (χ3n) is 6.23. The fourth-order valence-corrected chi connectivity index (χ4v) is 4.56. The van der Waals surface area contributed by atoms with Crippen LogP contribution >= 0.6 is 0 Å². The number of hydrogen-bond acceptors (Lipinski definition) is 3. The van der Waals surface area contributed by atoms with Gasteiger partial charge in [0.25, 0.3) is 5.91 Å². The van der Waals surface area contributed by atoms with Crippen LogP contribution in [0.2, 0.25) is 0 Å². The largest absolute Gasteiger partial charge is 0.353 e. The summed E-state index contributed by atoms with van der Waals surface area (Å²) in [6, 6.07) is 6.47. The molecule has 154 valence electrons. The Morgan fingerprint density at radius 3 is 2.69 bits per heavy atom. The number of nitrogens with zero attached hydrogens (tertiary/aromatic N) is 2. The van der Waals surface area contributed by atoms with E-state index < -0.39 is 0 Å². The number of piperidine rings is 1. The zero-order valence-corrected chi connectivity index (χ0v) is 16.9. The smallest absolute Gasteiger partial charge is 0.255 e. The summed E-state index contributed by atoms with van der Waals surface area (Å²) in [7, 11) is 0. The van der Waals surface area contributed by atoms with E-state index in [1.54, 1.807) is 24.0 Å². The molecule has 2 amide bonds. The highest BCUT2D eigenvalue weighted by atomic mass is 19.1. The lowest BCUT2D eigenvalue weighted by atomic mass is 9.92. The van der Waals surface area contributed by atoms with Crippen LogP contribution in [0, 0.1) is 18.7 Å². The molecule has 0 radical (unpaired) electrons. The van der Waals surface area contributed by atoms with Gasteiger partial charge in [0.15, 0.2) is 0 Å². The lowest BCUT2D eigenvalue weighted by Crippen LogP contribution is -2.48. The molecular weight excluding hydrogens is 369 g/mol. The summed E-state index contributed by atoms with van der Waals surface area (Å²) in [5, 5.41) is 3.94. The second-order valence-corrected chi connectivity index (χ2v) is 8.39. The van der Waals surface area contributed by atoms with Crippen molar-refractivity contribution in [3.05, 3.63) is 41.3 Å². The number of carbonyl (C=O) groups is 2. The average molecular weight is 397 g/mol. The van der Waals surface area contributed by atoms with Gasteiger partial charge < -0.3 is 10.2 Å². The summed E-state index contributed by atoms with van der Waals surface area (Å²) in [4.78, 5) is 32.1. The number of fused-ring (bicyclic) bond motifs is 1. The summed E-state index contributed by atoms with van der Waals surface area (Å²) >= 11 is 0. The molecule has 6 heteroatoms. The highest BCUT2D eigenvalue weighted by Crippen LogP contribution is 2.24. The van der Waals surface area contributed by atoms with Crippen molar-refractivity contribution < 1.29 is 14.0 Å². The number of nitrogens with one attached hydrogen (secondary N) is 1. The van der Waals surface area contributed by atoms with E-state index in [9.17, 15) is 14.0 Å². The first-order chi connectivity index (χ1) is 14.0. The van der Waals surface area contributed by atoms with Gasteiger partial charge in [-0.3, -0.25) is 14.6 Å². The lowest BCUT2D eigenvalue weighted by Gasteiger charge is -2.33. The molecule has 1 aliphatic carbocycles. The number of halogens is 1. The number of likely N-dealkylation sites (tertiary alicyclic amines) is 1. The van der Waals surface area contributed by atoms with Gasteiger partial charge in [0.2, 0.25) is 5.91 Å². The number of amides is 2. The Labute approximate surface area is 170 Å². The molecule has 1 N–H and O–H groups in total. The number of aryl methyl sites for hydroxylation is 1. The maximum atomic E-state index is 13.5. The molecule has 2 aromatic rings. The lowest BCUT2D eigenvalue weighted by molar-refractivity contribution is -0.127. The molecule has 0 bridgehead atoms. The molecule has 1 unspecified atom stereocenters. The monoisotopic (exact) mass is 397 g/mol. The van der Waals surface area contributed by atoms with Crippen molar-refractivity contribution in [1.29, 1.82) is 0 Å². The van der Waals surface area contributed by atoms with Crippen molar-refractivity contribution in [2.24, 2.45) is 5.92 Å². The van der Waals surface area contributed by atoms with Gasteiger partial charge in [0.1, 0.15) is 5.82 Å². The number of pyridine rings is 1. The highest BCUT2D eigenvalue weighted by Gasteiger charge is 2.31. The molecule has 5 nitrogen and oxygen atoms in total. The predicted molar refractivity (Wildman–Crippen MR) is 110 cm³/mol. The van der Waals surface area contributed by atoms with Crippen molar-refractivity contribution in [2.75, 3.05) is 13.1 Å². The quantitative estimate of drug-likeness (QED) is 0.852. The third-order valence-corrected chi connectivity index (χ3v) is 6.23. The maximum absolute atomic E-state index is 13.5. The Bertz CT molecular complexity index is 924. The minimum absolute atomic E-state index is 0.0817. The molecule has 1 saturated carbocycles. The first kappa shape index (κ1) is 19.8. The fourth-order valence-electron chi connectivity index (χ4n) is 4.56. The molecule has 4 rings (SSSR count). The minimum Gasteiger partial charge on any atom is -0.353 e. The van der Waals surface area contributed by atoms with Crippen LogP contribution in [0.4, 0.5) is 4.39 Å². The van der Waals surface area contributed by atoms with E-state index in [1.807, 2.05) is 0 Å². The Hall–Kier alpha value is -2.50. The SMILES string of the molecule is Cc1nc2cc(F)ccc2cc1C(=O)N1CCCC(C(=O)NC2CCCCC2)C1. The molecule has 0 spiro atoms. The number of aromatic nitrogens is 1. The Morgan fingerprint density at radius 2 is 1.90 bits per heavy atom. The van der Waals surface area contributed by atoms with Crippen LogP contribution in [0.1, 0.15) is 61.0 Å². The molecule has 2 heterocycles. The normalized spacial score (nSPS) is 20.6. The van der Waals surface area contributed by atoms with E-state index in [-0.39, 0.29) is 29.6 Å². The van der Waals surface area contributed by atoms with Gasteiger partial charge >= 0.3 is 0 Å². The molecule has 1 aliphatic heterocycles. The van der Waals surface area contributed by atoms with E-state index in [0.717, 1.165) is 31.1 Å². The zero-order chi connectivity index (χ0) is 20.4. The number of hydrogen-bond donors (Lipinski definition) is 1. The number of rotatable bonds is 3. The van der Waals surface area contributed by atoms with E-state index in [1.165, 1.54) is 31.4 Å². The van der Waals surface area contributed by atoms with Gasteiger partial charge in [0, 0.05) is 30.6 Å². The van der Waals surface area contributed by atoms with Gasteiger partial charge in [-0.15, -0.1) is 0 Å². The maximum Gasteiger partial charge on any atom is 0.255 e. The Balaban J connectivity index is 1.47. The van der Waals surface area contributed by atoms with E-state index in [4.69, 9.17) is 0 Å². The van der Waals surface area contributed by atoms with Gasteiger partial charge in [-0.2, -0.15) is 0 Å². The Kier molecular flexibility index (Phi) is 5.79. The average Bonchev–Trinajstić information content (AvgIpc) is 2.73. The second-order valence-electron chi connectivity index (χ2n) is 8.39. The van der Waals surface area contributed by atoms with Crippen LogP contribution in [-0.4, -0.2) is 40.8 Å². The van der Waals surface area contributed by atoms with Gasteiger partial charge in [-0.25, -0.2) is 4.39 Å². The molecular formula is C23H28FN3O2. The van der Waals surface area contributed by atoms with Crippen molar-refractivity contribution in [1.82, 2.24) is 15.2 Å². The number of benzene rings is 1. The molecule has 1 aromatic heterocycles. The molecule has 29 heavy (non-hydrogen) atoms. The van der Waals surface area contributed by atoms with E-state index in [2.05, 4.69) is 10.3 Å². The predicted octanol–water partition coefficient (Wildman–Crippen LogP) is 3.98. The van der Waals surface area contributed by atoms with Gasteiger partial charge in [0.05, 0.1) is 22.7 Å². The van der Waals surface area contributed by atoms with E-state index in [0.29, 0.717) is 29.9 Å². The minimum atomic E-state index is -0.341. The first-order valence-electron chi connectivity index (χ1n) is 10.7. The summed E-state index contributed by atoms with van der Waals surface area (Å²) in [5.41, 5.74) is 1.65. The molecule has 2 aliphatic rings. The van der Waals surface area contributed by atoms with E-state index >= 15 is 0 Å². The first-order valence-corrected chi connectivity index (χ1v) is 10.7. The zero-order valence-electron chi connectivity index (χ0n) is 16.9. The molecule has 1 atom stereocenters. The fraction of sp³-hybridized carbons (Fsp3) is 0.522. The van der Waals surface area contributed by atoms with Crippen LogP contribution < -0.4 is 5.32 Å². The third kappa shape index (κ3) is 4.41. The van der Waals surface area contributed by atoms with Crippen LogP contribution in [-0.2, 0) is 4.79 Å². The van der Waals surface area contributed by atoms with Crippen LogP contribution in [0.15, 0.2) is 24.3 Å². The number of carbonyl (C=O) groups excluding carboxylic acids is 2. The summed E-state index contributed by atoms with van der Waals surface area (Å²) < 4.78 is 13.5. The second kappa shape index (κ2) is 8.47. The topological polar surface area (TPSA) is 62.3 Å². The van der Waals surface area contributed by atoms with Crippen LogP contribution in [0.5, 0.6) is 0 Å². The molecule has 1 aromatic carbocycles. The molecule has 2 fully saturated rings. The van der Waals surface area contributed by atoms with Crippen molar-refractivity contribution >= 4 is 22.7 Å². The van der Waals surface area contributed by atoms with Gasteiger partial charge in [-0.1, -0.05) is 19.3 Å². The molecule has 1 saturated heterocycles. The Morgan fingerprint density at radius 1 is 1.10 bits per heavy atom. The summed E-state index contributed by atoms with van der Waals surface area (Å²) in [5.74, 6) is -0.515. The summed E-state index contributed by atoms with van der Waals surface area (Å²) in [6.45, 7) is 2.86. The summed E-state index contributed by atoms with van der Waals surface area (Å²) in [6.07, 6.45) is 7.37. The van der Waals surface area contributed by atoms with Crippen molar-refractivity contribution in [3.8, 4) is 0 Å². The van der Waals surface area contributed by atoms with Crippen LogP contribution in [0.3, 0.4) is 0 Å².